The molecule has 0 spiro atoms. The highest BCUT2D eigenvalue weighted by molar-refractivity contribution is 6.38. The second-order valence-corrected chi connectivity index (χ2v) is 9.86. The quantitative estimate of drug-likeness (QED) is 0.367. The molecule has 1 heterocycles. The summed E-state index contributed by atoms with van der Waals surface area (Å²) >= 11 is 0. The van der Waals surface area contributed by atoms with Gasteiger partial charge in [0.05, 0.1) is 6.61 Å². The van der Waals surface area contributed by atoms with Crippen LogP contribution in [0.5, 0.6) is 0 Å². The summed E-state index contributed by atoms with van der Waals surface area (Å²) in [5.41, 5.74) is 1.70. The molecule has 4 amide bonds. The summed E-state index contributed by atoms with van der Waals surface area (Å²) < 4.78 is 5.18. The normalized spacial score (nSPS) is 18.6. The van der Waals surface area contributed by atoms with E-state index in [2.05, 4.69) is 16.0 Å². The molecule has 0 radical (unpaired) electrons. The first-order chi connectivity index (χ1) is 14.7. The van der Waals surface area contributed by atoms with Gasteiger partial charge in [0.25, 0.3) is 0 Å². The van der Waals surface area contributed by atoms with Crippen LogP contribution in [0.4, 0.5) is 4.79 Å². The molecule has 1 aliphatic rings. The molecule has 0 aromatic heterocycles. The molecule has 182 valence electrons. The molecule has 32 heavy (non-hydrogen) atoms. The number of carbonyl (C=O) groups excluding carboxylic acids is 5. The monoisotopic (exact) mass is 456 g/mol. The van der Waals surface area contributed by atoms with Crippen molar-refractivity contribution >= 4 is 29.6 Å². The third-order valence-corrected chi connectivity index (χ3v) is 4.47. The Balaban J connectivity index is 2.84. The van der Waals surface area contributed by atoms with E-state index in [1.54, 1.807) is 13.8 Å². The molecular weight excluding hydrogens is 420 g/mol. The van der Waals surface area contributed by atoms with Crippen molar-refractivity contribution in [2.24, 2.45) is 17.3 Å². The van der Waals surface area contributed by atoms with Crippen molar-refractivity contribution in [3.8, 4) is 0 Å². The van der Waals surface area contributed by atoms with Crippen molar-refractivity contribution in [1.82, 2.24) is 21.4 Å². The molecule has 0 aliphatic carbocycles. The number of amides is 4. The Bertz CT molecular complexity index is 715. The molecule has 1 saturated heterocycles. The summed E-state index contributed by atoms with van der Waals surface area (Å²) in [4.78, 5) is 66.0. The molecular formula is C21H36N4O7. The summed E-state index contributed by atoms with van der Waals surface area (Å²) in [6.07, 6.45) is -0.445. The number of hydrogen-bond donors (Lipinski definition) is 4. The number of carbonyl (C=O) groups is 5. The van der Waals surface area contributed by atoms with Gasteiger partial charge in [0.1, 0.15) is 24.7 Å². The van der Waals surface area contributed by atoms with E-state index in [-0.39, 0.29) is 36.9 Å². The molecule has 0 aromatic rings. The Kier molecular flexibility index (Phi) is 10.1. The molecule has 0 saturated carbocycles. The number of nitrogens with one attached hydrogen (secondary N) is 4. The van der Waals surface area contributed by atoms with Crippen LogP contribution in [-0.2, 0) is 28.8 Å². The largest absolute Gasteiger partial charge is 0.449 e. The molecule has 3 unspecified atom stereocenters. The van der Waals surface area contributed by atoms with Gasteiger partial charge >= 0.3 is 12.0 Å². The minimum Gasteiger partial charge on any atom is -0.449 e. The van der Waals surface area contributed by atoms with E-state index in [0.29, 0.717) is 0 Å². The van der Waals surface area contributed by atoms with Crippen LogP contribution in [0.1, 0.15) is 54.9 Å². The minimum atomic E-state index is -1.14. The third kappa shape index (κ3) is 9.21. The van der Waals surface area contributed by atoms with Crippen LogP contribution < -0.4 is 21.4 Å². The zero-order valence-corrected chi connectivity index (χ0v) is 19.9. The molecule has 11 nitrogen and oxygen atoms in total. The molecule has 1 fully saturated rings. The molecule has 1 aliphatic heterocycles. The number of rotatable bonds is 9. The van der Waals surface area contributed by atoms with Crippen LogP contribution in [0.3, 0.4) is 0 Å². The van der Waals surface area contributed by atoms with Crippen molar-refractivity contribution in [1.29, 1.82) is 0 Å². The van der Waals surface area contributed by atoms with E-state index < -0.39 is 47.7 Å². The van der Waals surface area contributed by atoms with Crippen molar-refractivity contribution < 1.29 is 33.5 Å². The van der Waals surface area contributed by atoms with Crippen LogP contribution in [0.25, 0.3) is 0 Å². The summed E-state index contributed by atoms with van der Waals surface area (Å²) in [6.45, 7) is 12.9. The Labute approximate surface area is 188 Å². The van der Waals surface area contributed by atoms with Gasteiger partial charge in [-0.25, -0.2) is 10.3 Å². The number of hydroxylamine groups is 1. The molecule has 11 heteroatoms. The second-order valence-electron chi connectivity index (χ2n) is 9.86. The first kappa shape index (κ1) is 27.3. The van der Waals surface area contributed by atoms with Gasteiger partial charge in [-0.1, -0.05) is 48.5 Å². The van der Waals surface area contributed by atoms with E-state index >= 15 is 0 Å². The van der Waals surface area contributed by atoms with Crippen molar-refractivity contribution in [2.45, 2.75) is 73.0 Å². The fourth-order valence-electron chi connectivity index (χ4n) is 2.80. The van der Waals surface area contributed by atoms with Gasteiger partial charge in [0.2, 0.25) is 17.6 Å². The summed E-state index contributed by atoms with van der Waals surface area (Å²) in [5, 5.41) is 7.65. The molecule has 0 bridgehead atoms. The van der Waals surface area contributed by atoms with Gasteiger partial charge in [-0.05, 0) is 23.7 Å². The van der Waals surface area contributed by atoms with Crippen molar-refractivity contribution in [3.63, 3.8) is 0 Å². The summed E-state index contributed by atoms with van der Waals surface area (Å²) in [5.74, 6) is -3.21. The van der Waals surface area contributed by atoms with Crippen molar-refractivity contribution in [2.75, 3.05) is 13.2 Å². The van der Waals surface area contributed by atoms with E-state index in [0.717, 1.165) is 0 Å². The van der Waals surface area contributed by atoms with E-state index in [4.69, 9.17) is 9.57 Å². The zero-order chi connectivity index (χ0) is 24.6. The lowest BCUT2D eigenvalue weighted by molar-refractivity contribution is -0.156. The molecule has 1 rings (SSSR count). The predicted molar refractivity (Wildman–Crippen MR) is 115 cm³/mol. The van der Waals surface area contributed by atoms with Crippen LogP contribution in [-0.4, -0.2) is 60.9 Å². The SMILES string of the molecule is CC(C)CC(NC(=O)C(NC(=O)OCC(C)(C)C)C(C)C)C(=O)NC1CONC(=O)C1=O. The highest BCUT2D eigenvalue weighted by Crippen LogP contribution is 2.13. The average molecular weight is 457 g/mol. The smallest absolute Gasteiger partial charge is 0.407 e. The fourth-order valence-corrected chi connectivity index (χ4v) is 2.80. The highest BCUT2D eigenvalue weighted by atomic mass is 16.7. The lowest BCUT2D eigenvalue weighted by atomic mass is 9.99. The Morgan fingerprint density at radius 3 is 2.25 bits per heavy atom. The summed E-state index contributed by atoms with van der Waals surface area (Å²) in [7, 11) is 0. The first-order valence-electron chi connectivity index (χ1n) is 10.7. The molecule has 4 N–H and O–H groups in total. The van der Waals surface area contributed by atoms with Gasteiger partial charge < -0.3 is 20.7 Å². The Morgan fingerprint density at radius 2 is 1.72 bits per heavy atom. The van der Waals surface area contributed by atoms with Gasteiger partial charge in [-0.2, -0.15) is 0 Å². The number of Topliss-reactive ketones (excluding diaryl/α,β-unsaturated/α-hetero) is 1. The number of ketones is 1. The van der Waals surface area contributed by atoms with E-state index in [1.165, 1.54) is 0 Å². The first-order valence-corrected chi connectivity index (χ1v) is 10.7. The van der Waals surface area contributed by atoms with Crippen LogP contribution in [0.2, 0.25) is 0 Å². The lowest BCUT2D eigenvalue weighted by Gasteiger charge is -2.28. The Morgan fingerprint density at radius 1 is 1.09 bits per heavy atom. The van der Waals surface area contributed by atoms with Gasteiger partial charge in [0, 0.05) is 0 Å². The highest BCUT2D eigenvalue weighted by Gasteiger charge is 2.35. The van der Waals surface area contributed by atoms with Crippen molar-refractivity contribution in [3.05, 3.63) is 0 Å². The van der Waals surface area contributed by atoms with Gasteiger partial charge in [-0.3, -0.25) is 24.0 Å². The van der Waals surface area contributed by atoms with E-state index in [1.807, 2.05) is 40.1 Å². The average Bonchev–Trinajstić information content (AvgIpc) is 2.66. The lowest BCUT2D eigenvalue weighted by Crippen LogP contribution is -2.60. The zero-order valence-electron chi connectivity index (χ0n) is 19.9. The number of alkyl carbamates (subject to hydrolysis) is 1. The number of hydrogen-bond acceptors (Lipinski definition) is 7. The van der Waals surface area contributed by atoms with Crippen LogP contribution in [0.15, 0.2) is 0 Å². The van der Waals surface area contributed by atoms with Gasteiger partial charge in [0.15, 0.2) is 0 Å². The minimum absolute atomic E-state index is 0.0369. The van der Waals surface area contributed by atoms with Crippen LogP contribution >= 0.6 is 0 Å². The maximum atomic E-state index is 12.9. The summed E-state index contributed by atoms with van der Waals surface area (Å²) in [6, 6.07) is -3.06. The predicted octanol–water partition coefficient (Wildman–Crippen LogP) is 0.430. The topological polar surface area (TPSA) is 152 Å². The molecule has 3 atom stereocenters. The fraction of sp³-hybridized carbons (Fsp3) is 0.762. The second kappa shape index (κ2) is 11.8. The van der Waals surface area contributed by atoms with Gasteiger partial charge in [-0.15, -0.1) is 0 Å². The molecule has 0 aromatic carbocycles. The van der Waals surface area contributed by atoms with E-state index in [9.17, 15) is 24.0 Å². The third-order valence-electron chi connectivity index (χ3n) is 4.47. The maximum Gasteiger partial charge on any atom is 0.407 e. The standard InChI is InChI=1S/C21H36N4O7/c1-11(2)8-13(17(27)23-14-9-32-25-19(29)16(14)26)22-18(28)15(12(3)4)24-20(30)31-10-21(5,6)7/h11-15H,8-10H2,1-7H3,(H,22,28)(H,23,27)(H,24,30)(H,25,29). The number of ether oxygens (including phenoxy) is 1. The van der Waals surface area contributed by atoms with Crippen LogP contribution in [0, 0.1) is 17.3 Å². The Hall–Kier alpha value is -2.69. The maximum absolute atomic E-state index is 12.9.